The number of alkyl halides is 4. The first-order valence-corrected chi connectivity index (χ1v) is 11.2. The molecular weight excluding hydrogens is 498 g/mol. The number of piperidine rings is 1. The zero-order valence-corrected chi connectivity index (χ0v) is 19.6. The first-order chi connectivity index (χ1) is 17.5. The van der Waals surface area contributed by atoms with Crippen LogP contribution in [-0.4, -0.2) is 63.2 Å². The lowest BCUT2D eigenvalue weighted by atomic mass is 10.0. The summed E-state index contributed by atoms with van der Waals surface area (Å²) in [7, 11) is 1.74. The number of rotatable bonds is 7. The summed E-state index contributed by atoms with van der Waals surface area (Å²) in [5.74, 6) is -1.68. The van der Waals surface area contributed by atoms with Gasteiger partial charge in [0.25, 0.3) is 5.91 Å². The number of aromatic nitrogens is 3. The van der Waals surface area contributed by atoms with Crippen molar-refractivity contribution in [1.82, 2.24) is 19.7 Å². The van der Waals surface area contributed by atoms with E-state index in [9.17, 15) is 27.2 Å². The third-order valence-corrected chi connectivity index (χ3v) is 5.76. The Morgan fingerprint density at radius 2 is 1.89 bits per heavy atom. The molecule has 1 aliphatic rings. The van der Waals surface area contributed by atoms with Gasteiger partial charge in [-0.1, -0.05) is 12.1 Å². The van der Waals surface area contributed by atoms with Gasteiger partial charge >= 0.3 is 6.36 Å². The molecule has 4 rings (SSSR count). The van der Waals surface area contributed by atoms with Gasteiger partial charge in [-0.05, 0) is 23.8 Å². The molecule has 0 bridgehead atoms. The van der Waals surface area contributed by atoms with Gasteiger partial charge in [0.1, 0.15) is 17.4 Å². The molecule has 1 fully saturated rings. The SMILES string of the molecule is Cn1cc(-c2cnc(OC3CCN(C(=O)Cc4ccc(OC(F)(F)F)cc4)C[C@H]3F)c(C(N)=O)c2)cn1. The number of hydrogen-bond acceptors (Lipinski definition) is 6. The van der Waals surface area contributed by atoms with Crippen LogP contribution in [0.4, 0.5) is 17.6 Å². The number of halogens is 4. The molecule has 0 spiro atoms. The van der Waals surface area contributed by atoms with Gasteiger partial charge in [0.2, 0.25) is 11.8 Å². The summed E-state index contributed by atoms with van der Waals surface area (Å²) in [5.41, 5.74) is 7.24. The van der Waals surface area contributed by atoms with Crippen molar-refractivity contribution in [2.75, 3.05) is 13.1 Å². The highest BCUT2D eigenvalue weighted by Crippen LogP contribution is 2.28. The molecule has 2 N–H and O–H groups in total. The minimum atomic E-state index is -4.81. The van der Waals surface area contributed by atoms with E-state index in [0.29, 0.717) is 16.7 Å². The smallest absolute Gasteiger partial charge is 0.471 e. The molecular formula is C24H23F4N5O4. The molecule has 2 aromatic heterocycles. The van der Waals surface area contributed by atoms with Crippen molar-refractivity contribution in [3.63, 3.8) is 0 Å². The zero-order valence-electron chi connectivity index (χ0n) is 19.6. The minimum Gasteiger partial charge on any atom is -0.471 e. The molecule has 0 saturated carbocycles. The third-order valence-electron chi connectivity index (χ3n) is 5.76. The number of hydrogen-bond donors (Lipinski definition) is 1. The second-order valence-corrected chi connectivity index (χ2v) is 8.51. The average molecular weight is 521 g/mol. The van der Waals surface area contributed by atoms with Crippen molar-refractivity contribution in [1.29, 1.82) is 0 Å². The van der Waals surface area contributed by atoms with Gasteiger partial charge in [0, 0.05) is 43.5 Å². The second kappa shape index (κ2) is 10.4. The molecule has 196 valence electrons. The van der Waals surface area contributed by atoms with Crippen LogP contribution in [0.15, 0.2) is 48.9 Å². The van der Waals surface area contributed by atoms with Crippen LogP contribution in [0.25, 0.3) is 11.1 Å². The fourth-order valence-corrected chi connectivity index (χ4v) is 3.93. The number of aryl methyl sites for hydroxylation is 1. The van der Waals surface area contributed by atoms with Crippen LogP contribution in [0.5, 0.6) is 11.6 Å². The highest BCUT2D eigenvalue weighted by molar-refractivity contribution is 5.96. The molecule has 1 aliphatic heterocycles. The van der Waals surface area contributed by atoms with Gasteiger partial charge in [0.05, 0.1) is 19.2 Å². The fraction of sp³-hybridized carbons (Fsp3) is 0.333. The predicted molar refractivity (Wildman–Crippen MR) is 122 cm³/mol. The number of likely N-dealkylation sites (tertiary alicyclic amines) is 1. The van der Waals surface area contributed by atoms with Crippen molar-refractivity contribution >= 4 is 11.8 Å². The average Bonchev–Trinajstić information content (AvgIpc) is 3.27. The molecule has 37 heavy (non-hydrogen) atoms. The highest BCUT2D eigenvalue weighted by atomic mass is 19.4. The van der Waals surface area contributed by atoms with E-state index >= 15 is 0 Å². The maximum absolute atomic E-state index is 15.0. The lowest BCUT2D eigenvalue weighted by molar-refractivity contribution is -0.274. The Kier molecular flexibility index (Phi) is 7.32. The number of nitrogens with two attached hydrogens (primary N) is 1. The topological polar surface area (TPSA) is 113 Å². The maximum atomic E-state index is 15.0. The minimum absolute atomic E-state index is 0.00925. The maximum Gasteiger partial charge on any atom is 0.573 e. The Labute approximate surface area is 208 Å². The number of benzene rings is 1. The summed E-state index contributed by atoms with van der Waals surface area (Å²) in [4.78, 5) is 30.1. The number of carbonyl (C=O) groups excluding carboxylic acids is 2. The Balaban J connectivity index is 1.37. The van der Waals surface area contributed by atoms with Crippen LogP contribution < -0.4 is 15.2 Å². The third kappa shape index (κ3) is 6.54. The summed E-state index contributed by atoms with van der Waals surface area (Å²) in [6, 6.07) is 6.40. The van der Waals surface area contributed by atoms with E-state index in [-0.39, 0.29) is 43.3 Å². The van der Waals surface area contributed by atoms with Crippen LogP contribution >= 0.6 is 0 Å². The molecule has 1 aromatic carbocycles. The normalized spacial score (nSPS) is 17.9. The van der Waals surface area contributed by atoms with Crippen molar-refractivity contribution in [2.24, 2.45) is 12.8 Å². The van der Waals surface area contributed by atoms with Gasteiger partial charge in [0.15, 0.2) is 6.17 Å². The van der Waals surface area contributed by atoms with Gasteiger partial charge in [-0.3, -0.25) is 14.3 Å². The number of primary amides is 1. The number of pyridine rings is 1. The zero-order chi connectivity index (χ0) is 26.7. The van der Waals surface area contributed by atoms with Crippen molar-refractivity contribution in [2.45, 2.75) is 31.5 Å². The molecule has 3 aromatic rings. The predicted octanol–water partition coefficient (Wildman–Crippen LogP) is 3.04. The Morgan fingerprint density at radius 3 is 2.49 bits per heavy atom. The molecule has 2 amide bonds. The van der Waals surface area contributed by atoms with E-state index in [1.165, 1.54) is 29.3 Å². The van der Waals surface area contributed by atoms with Gasteiger partial charge in [-0.25, -0.2) is 9.37 Å². The van der Waals surface area contributed by atoms with Crippen LogP contribution in [0.3, 0.4) is 0 Å². The standard InChI is InChI=1S/C24H23F4N5O4/c1-32-12-16(11-31-32)15-9-18(22(29)35)23(30-10-15)36-20-6-7-33(13-19(20)25)21(34)8-14-2-4-17(5-3-14)37-24(26,27)28/h2-5,9-12,19-20H,6-8,13H2,1H3,(H2,29,35)/t19-,20?/m1/s1. The van der Waals surface area contributed by atoms with E-state index in [4.69, 9.17) is 10.5 Å². The Morgan fingerprint density at radius 1 is 1.16 bits per heavy atom. The van der Waals surface area contributed by atoms with E-state index < -0.39 is 30.3 Å². The summed E-state index contributed by atoms with van der Waals surface area (Å²) in [6.45, 7) is -0.0721. The largest absolute Gasteiger partial charge is 0.573 e. The van der Waals surface area contributed by atoms with E-state index in [0.717, 1.165) is 12.1 Å². The second-order valence-electron chi connectivity index (χ2n) is 8.51. The highest BCUT2D eigenvalue weighted by Gasteiger charge is 2.34. The fourth-order valence-electron chi connectivity index (χ4n) is 3.93. The van der Waals surface area contributed by atoms with Crippen molar-refractivity contribution in [3.8, 4) is 22.8 Å². The van der Waals surface area contributed by atoms with Crippen molar-refractivity contribution in [3.05, 3.63) is 60.0 Å². The van der Waals surface area contributed by atoms with Crippen LogP contribution in [0.2, 0.25) is 0 Å². The van der Waals surface area contributed by atoms with E-state index in [2.05, 4.69) is 14.8 Å². The van der Waals surface area contributed by atoms with Crippen LogP contribution in [0.1, 0.15) is 22.3 Å². The first-order valence-electron chi connectivity index (χ1n) is 11.2. The molecule has 0 radical (unpaired) electrons. The number of nitrogens with zero attached hydrogens (tertiary/aromatic N) is 4. The molecule has 1 unspecified atom stereocenters. The first kappa shape index (κ1) is 25.9. The number of ether oxygens (including phenoxy) is 2. The monoisotopic (exact) mass is 521 g/mol. The van der Waals surface area contributed by atoms with Gasteiger partial charge in [-0.2, -0.15) is 5.10 Å². The van der Waals surface area contributed by atoms with Crippen molar-refractivity contribution < 1.29 is 36.6 Å². The Hall–Kier alpha value is -4.16. The Bertz CT molecular complexity index is 1280. The summed E-state index contributed by atoms with van der Waals surface area (Å²) >= 11 is 0. The van der Waals surface area contributed by atoms with Gasteiger partial charge < -0.3 is 20.1 Å². The number of amides is 2. The summed E-state index contributed by atoms with van der Waals surface area (Å²) in [5, 5.41) is 4.07. The number of carbonyl (C=O) groups is 2. The molecule has 13 heteroatoms. The molecule has 1 saturated heterocycles. The molecule has 3 heterocycles. The summed E-state index contributed by atoms with van der Waals surface area (Å²) < 4.78 is 63.0. The van der Waals surface area contributed by atoms with E-state index in [1.807, 2.05) is 0 Å². The van der Waals surface area contributed by atoms with E-state index in [1.54, 1.807) is 24.1 Å². The van der Waals surface area contributed by atoms with Gasteiger partial charge in [-0.15, -0.1) is 13.2 Å². The molecule has 2 atom stereocenters. The quantitative estimate of drug-likeness (QED) is 0.479. The lowest BCUT2D eigenvalue weighted by Gasteiger charge is -2.34. The molecule has 9 nitrogen and oxygen atoms in total. The van der Waals surface area contributed by atoms with Crippen LogP contribution in [0, 0.1) is 0 Å². The summed E-state index contributed by atoms with van der Waals surface area (Å²) in [6.07, 6.45) is -2.53. The molecule has 0 aliphatic carbocycles. The lowest BCUT2D eigenvalue weighted by Crippen LogP contribution is -2.49. The van der Waals surface area contributed by atoms with Crippen LogP contribution in [-0.2, 0) is 18.3 Å².